The van der Waals surface area contributed by atoms with Gasteiger partial charge >= 0.3 is 0 Å². The summed E-state index contributed by atoms with van der Waals surface area (Å²) >= 11 is 0. The lowest BCUT2D eigenvalue weighted by Crippen LogP contribution is -2.19. The summed E-state index contributed by atoms with van der Waals surface area (Å²) < 4.78 is 5.35. The average molecular weight is 115 g/mol. The van der Waals surface area contributed by atoms with E-state index in [9.17, 15) is 0 Å². The van der Waals surface area contributed by atoms with Crippen LogP contribution < -0.4 is 0 Å². The van der Waals surface area contributed by atoms with Gasteiger partial charge in [-0.15, -0.1) is 0 Å². The molecule has 1 heteroatoms. The second kappa shape index (κ2) is 2.40. The third-order valence-electron chi connectivity index (χ3n) is 0.510. The molecule has 8 heavy (non-hydrogen) atoms. The minimum absolute atomic E-state index is 0.0150. The Morgan fingerprint density at radius 2 is 1.50 bits per heavy atom. The zero-order chi connectivity index (χ0) is 6.78. The number of hydrogen-bond acceptors (Lipinski definition) is 1. The minimum Gasteiger partial charge on any atom is -0.189 e. The zero-order valence-electron chi connectivity index (χ0n) is 6.41. The van der Waals surface area contributed by atoms with Crippen molar-refractivity contribution < 1.29 is 4.74 Å². The number of hydrogen-bond donors (Lipinski definition) is 0. The van der Waals surface area contributed by atoms with Gasteiger partial charge in [0.05, 0.1) is 0 Å². The summed E-state index contributed by atoms with van der Waals surface area (Å²) in [5.41, 5.74) is -0.0150. The van der Waals surface area contributed by atoms with Crippen LogP contribution in [0.5, 0.6) is 0 Å². The van der Waals surface area contributed by atoms with Gasteiger partial charge in [0.1, 0.15) is 19.4 Å². The summed E-state index contributed by atoms with van der Waals surface area (Å²) in [5.74, 6) is 0. The summed E-state index contributed by atoms with van der Waals surface area (Å²) in [6, 6.07) is 0. The van der Waals surface area contributed by atoms with Crippen molar-refractivity contribution in [1.82, 2.24) is 0 Å². The monoisotopic (exact) mass is 115 g/mol. The Bertz CT molecular complexity index is 59.3. The van der Waals surface area contributed by atoms with Gasteiger partial charge in [0.2, 0.25) is 6.10 Å². The third kappa shape index (κ3) is 5.83. The highest BCUT2D eigenvalue weighted by molar-refractivity contribution is 4.69. The molecule has 0 aromatic carbocycles. The molecule has 0 aliphatic rings. The van der Waals surface area contributed by atoms with E-state index in [-0.39, 0.29) is 5.60 Å². The van der Waals surface area contributed by atoms with Crippen LogP contribution in [-0.2, 0) is 4.74 Å². The van der Waals surface area contributed by atoms with E-state index in [0.717, 1.165) is 6.10 Å². The Balaban J connectivity index is 3.39. The SMILES string of the molecule is C[C+](C)OC(C)(C)C. The molecule has 48 valence electrons. The Morgan fingerprint density at radius 1 is 1.12 bits per heavy atom. The molecule has 0 N–H and O–H groups in total. The lowest BCUT2D eigenvalue weighted by atomic mass is 10.2. The summed E-state index contributed by atoms with van der Waals surface area (Å²) in [6.07, 6.45) is 1.03. The van der Waals surface area contributed by atoms with Crippen LogP contribution in [0.4, 0.5) is 0 Å². The summed E-state index contributed by atoms with van der Waals surface area (Å²) in [7, 11) is 0. The van der Waals surface area contributed by atoms with Crippen molar-refractivity contribution in [3.05, 3.63) is 6.10 Å². The van der Waals surface area contributed by atoms with Gasteiger partial charge in [-0.1, -0.05) is 0 Å². The molecular weight excluding hydrogens is 100 g/mol. The van der Waals surface area contributed by atoms with E-state index in [0.29, 0.717) is 0 Å². The van der Waals surface area contributed by atoms with Gasteiger partial charge in [-0.25, -0.2) is 0 Å². The average Bonchev–Trinajstić information content (AvgIpc) is 1.21. The fourth-order valence-electron chi connectivity index (χ4n) is 0.612. The van der Waals surface area contributed by atoms with Gasteiger partial charge in [-0.05, 0) is 20.8 Å². The summed E-state index contributed by atoms with van der Waals surface area (Å²) in [4.78, 5) is 0. The van der Waals surface area contributed by atoms with Crippen molar-refractivity contribution in [3.63, 3.8) is 0 Å². The molecule has 0 spiro atoms. The first-order valence-electron chi connectivity index (χ1n) is 2.91. The standard InChI is InChI=1S/C7H15O/c1-6(2)8-7(3,4)5/h1-5H3/q+1. The molecule has 0 radical (unpaired) electrons. The lowest BCUT2D eigenvalue weighted by molar-refractivity contribution is 0.0140. The normalized spacial score (nSPS) is 11.6. The first-order chi connectivity index (χ1) is 3.42. The van der Waals surface area contributed by atoms with Crippen molar-refractivity contribution in [2.24, 2.45) is 0 Å². The van der Waals surface area contributed by atoms with Crippen LogP contribution in [0.25, 0.3) is 0 Å². The first kappa shape index (κ1) is 7.83. The smallest absolute Gasteiger partial charge is 0.189 e. The molecule has 0 saturated heterocycles. The Labute approximate surface area is 52.0 Å². The molecule has 0 bridgehead atoms. The predicted molar refractivity (Wildman–Crippen MR) is 35.4 cm³/mol. The second-order valence-corrected chi connectivity index (χ2v) is 3.12. The second-order valence-electron chi connectivity index (χ2n) is 3.12. The highest BCUT2D eigenvalue weighted by Crippen LogP contribution is 2.13. The third-order valence-corrected chi connectivity index (χ3v) is 0.510. The van der Waals surface area contributed by atoms with Crippen LogP contribution in [0.2, 0.25) is 0 Å². The highest BCUT2D eigenvalue weighted by atomic mass is 16.5. The molecule has 0 heterocycles. The molecular formula is C7H15O+. The topological polar surface area (TPSA) is 9.23 Å². The fraction of sp³-hybridized carbons (Fsp3) is 0.857. The summed E-state index contributed by atoms with van der Waals surface area (Å²) in [6.45, 7) is 10.1. The highest BCUT2D eigenvalue weighted by Gasteiger charge is 2.19. The van der Waals surface area contributed by atoms with E-state index in [1.54, 1.807) is 0 Å². The molecule has 0 aliphatic carbocycles. The number of rotatable bonds is 1. The maximum absolute atomic E-state index is 5.35. The van der Waals surface area contributed by atoms with E-state index < -0.39 is 0 Å². The molecule has 1 nitrogen and oxygen atoms in total. The van der Waals surface area contributed by atoms with Crippen LogP contribution >= 0.6 is 0 Å². The van der Waals surface area contributed by atoms with Crippen molar-refractivity contribution in [1.29, 1.82) is 0 Å². The molecule has 0 atom stereocenters. The summed E-state index contributed by atoms with van der Waals surface area (Å²) in [5, 5.41) is 0. The fourth-order valence-corrected chi connectivity index (χ4v) is 0.612. The molecule has 0 amide bonds. The maximum atomic E-state index is 5.35. The molecule has 0 aromatic heterocycles. The molecule has 0 unspecified atom stereocenters. The van der Waals surface area contributed by atoms with Gasteiger partial charge in [0.15, 0.2) is 0 Å². The van der Waals surface area contributed by atoms with Crippen LogP contribution in [0.3, 0.4) is 0 Å². The van der Waals surface area contributed by atoms with Crippen molar-refractivity contribution in [3.8, 4) is 0 Å². The number of ether oxygens (including phenoxy) is 1. The van der Waals surface area contributed by atoms with E-state index in [4.69, 9.17) is 4.74 Å². The first-order valence-corrected chi connectivity index (χ1v) is 2.91. The molecule has 0 aromatic rings. The Kier molecular flexibility index (Phi) is 2.35. The van der Waals surface area contributed by atoms with Crippen LogP contribution in [-0.4, -0.2) is 5.60 Å². The molecule has 0 saturated carbocycles. The quantitative estimate of drug-likeness (QED) is 0.477. The lowest BCUT2D eigenvalue weighted by Gasteiger charge is -2.12. The van der Waals surface area contributed by atoms with E-state index in [1.165, 1.54) is 0 Å². The van der Waals surface area contributed by atoms with Gasteiger partial charge in [0.25, 0.3) is 0 Å². The largest absolute Gasteiger partial charge is 0.235 e. The Hall–Kier alpha value is -0.170. The molecule has 0 rings (SSSR count). The van der Waals surface area contributed by atoms with Crippen LogP contribution in [0, 0.1) is 6.10 Å². The zero-order valence-corrected chi connectivity index (χ0v) is 6.41. The van der Waals surface area contributed by atoms with Gasteiger partial charge in [-0.2, -0.15) is 4.74 Å². The van der Waals surface area contributed by atoms with E-state index in [2.05, 4.69) is 0 Å². The van der Waals surface area contributed by atoms with E-state index >= 15 is 0 Å². The molecule has 0 aliphatic heterocycles. The minimum atomic E-state index is -0.0150. The van der Waals surface area contributed by atoms with E-state index in [1.807, 2.05) is 34.6 Å². The maximum Gasteiger partial charge on any atom is 0.235 e. The van der Waals surface area contributed by atoms with Crippen molar-refractivity contribution >= 4 is 0 Å². The van der Waals surface area contributed by atoms with Gasteiger partial charge in [-0.3, -0.25) is 0 Å². The van der Waals surface area contributed by atoms with Gasteiger partial charge in [0, 0.05) is 0 Å². The van der Waals surface area contributed by atoms with Crippen molar-refractivity contribution in [2.75, 3.05) is 0 Å². The molecule has 0 fully saturated rings. The van der Waals surface area contributed by atoms with Crippen LogP contribution in [0.15, 0.2) is 0 Å². The van der Waals surface area contributed by atoms with Crippen LogP contribution in [0.1, 0.15) is 34.6 Å². The van der Waals surface area contributed by atoms with Gasteiger partial charge < -0.3 is 0 Å². The predicted octanol–water partition coefficient (Wildman–Crippen LogP) is 2.37. The Morgan fingerprint density at radius 3 is 1.50 bits per heavy atom. The van der Waals surface area contributed by atoms with Crippen molar-refractivity contribution in [2.45, 2.75) is 40.2 Å².